The molecule has 2 fully saturated rings. The van der Waals surface area contributed by atoms with E-state index >= 15 is 0 Å². The minimum atomic E-state index is 0.773. The minimum Gasteiger partial charge on any atom is -0.316 e. The average Bonchev–Trinajstić information content (AvgIpc) is 2.35. The van der Waals surface area contributed by atoms with Crippen LogP contribution in [0.3, 0.4) is 0 Å². The molecule has 2 rings (SSSR count). The zero-order valence-corrected chi connectivity index (χ0v) is 6.82. The van der Waals surface area contributed by atoms with Gasteiger partial charge in [-0.3, -0.25) is 0 Å². The van der Waals surface area contributed by atoms with Gasteiger partial charge in [-0.1, -0.05) is 12.8 Å². The molecule has 0 radical (unpaired) electrons. The topological polar surface area (TPSA) is 12.0 Å². The largest absolute Gasteiger partial charge is 0.316 e. The summed E-state index contributed by atoms with van der Waals surface area (Å²) < 4.78 is 0. The highest BCUT2D eigenvalue weighted by molar-refractivity contribution is 5.02. The van der Waals surface area contributed by atoms with Gasteiger partial charge in [0.05, 0.1) is 0 Å². The maximum atomic E-state index is 3.43. The molecule has 2 saturated carbocycles. The fraction of sp³-hybridized carbons (Fsp3) is 1.00. The van der Waals surface area contributed by atoms with E-state index in [4.69, 9.17) is 0 Å². The van der Waals surface area contributed by atoms with Gasteiger partial charge in [0.25, 0.3) is 0 Å². The number of hydrogen-bond donors (Lipinski definition) is 1. The molecule has 0 amide bonds. The first kappa shape index (κ1) is 6.66. The fourth-order valence-corrected chi connectivity index (χ4v) is 2.83. The Balaban J connectivity index is 2.01. The molecule has 0 heterocycles. The van der Waals surface area contributed by atoms with Gasteiger partial charge in [0, 0.05) is 6.04 Å². The van der Waals surface area contributed by atoms with Gasteiger partial charge in [0.15, 0.2) is 0 Å². The van der Waals surface area contributed by atoms with Gasteiger partial charge in [-0.15, -0.1) is 0 Å². The van der Waals surface area contributed by atoms with E-state index in [-0.39, 0.29) is 0 Å². The first-order valence-electron chi connectivity index (χ1n) is 4.55. The van der Waals surface area contributed by atoms with Crippen molar-refractivity contribution in [3.63, 3.8) is 0 Å². The molecule has 1 N–H and O–H groups in total. The van der Waals surface area contributed by atoms with E-state index in [9.17, 15) is 0 Å². The third kappa shape index (κ3) is 0.731. The maximum absolute atomic E-state index is 3.43. The molecule has 0 aromatic carbocycles. The molecule has 2 aliphatic rings. The van der Waals surface area contributed by atoms with Crippen molar-refractivity contribution in [1.82, 2.24) is 5.32 Å². The minimum absolute atomic E-state index is 0.773. The van der Waals surface area contributed by atoms with Crippen molar-refractivity contribution in [3.05, 3.63) is 0 Å². The van der Waals surface area contributed by atoms with Gasteiger partial charge in [-0.25, -0.2) is 0 Å². The Morgan fingerprint density at radius 3 is 2.30 bits per heavy atom. The van der Waals surface area contributed by atoms with E-state index in [0.717, 1.165) is 11.5 Å². The SMILES string of the molecule is CNC1CCC12CCCC2. The summed E-state index contributed by atoms with van der Waals surface area (Å²) >= 11 is 0. The Bertz CT molecular complexity index is 123. The summed E-state index contributed by atoms with van der Waals surface area (Å²) in [6, 6.07) is 0.870. The van der Waals surface area contributed by atoms with E-state index in [0.29, 0.717) is 0 Å². The molecule has 0 aliphatic heterocycles. The van der Waals surface area contributed by atoms with Crippen LogP contribution in [0.25, 0.3) is 0 Å². The highest BCUT2D eigenvalue weighted by Gasteiger charge is 2.46. The smallest absolute Gasteiger partial charge is 0.0121 e. The van der Waals surface area contributed by atoms with Crippen LogP contribution in [0.2, 0.25) is 0 Å². The van der Waals surface area contributed by atoms with Crippen LogP contribution >= 0.6 is 0 Å². The molecule has 58 valence electrons. The van der Waals surface area contributed by atoms with Crippen molar-refractivity contribution in [2.75, 3.05) is 7.05 Å². The summed E-state index contributed by atoms with van der Waals surface area (Å²) in [5, 5.41) is 3.43. The standard InChI is InChI=1S/C9H17N/c1-10-8-4-7-9(8)5-2-3-6-9/h8,10H,2-7H2,1H3. The summed E-state index contributed by atoms with van der Waals surface area (Å²) in [6.45, 7) is 0. The molecule has 1 spiro atoms. The van der Waals surface area contributed by atoms with Crippen LogP contribution in [0.1, 0.15) is 38.5 Å². The van der Waals surface area contributed by atoms with Crippen LogP contribution in [0, 0.1) is 5.41 Å². The van der Waals surface area contributed by atoms with Gasteiger partial charge in [-0.2, -0.15) is 0 Å². The molecule has 0 saturated heterocycles. The predicted molar refractivity (Wildman–Crippen MR) is 43.0 cm³/mol. The second-order valence-corrected chi connectivity index (χ2v) is 3.95. The highest BCUT2D eigenvalue weighted by atomic mass is 14.9. The molecule has 1 unspecified atom stereocenters. The van der Waals surface area contributed by atoms with Crippen molar-refractivity contribution in [1.29, 1.82) is 0 Å². The van der Waals surface area contributed by atoms with Gasteiger partial charge >= 0.3 is 0 Å². The molecule has 1 heteroatoms. The Labute approximate surface area is 63.2 Å². The van der Waals surface area contributed by atoms with Crippen molar-refractivity contribution < 1.29 is 0 Å². The molecule has 10 heavy (non-hydrogen) atoms. The zero-order chi connectivity index (χ0) is 7.03. The maximum Gasteiger partial charge on any atom is 0.0121 e. The normalized spacial score (nSPS) is 36.3. The lowest BCUT2D eigenvalue weighted by Crippen LogP contribution is -2.50. The van der Waals surface area contributed by atoms with Crippen molar-refractivity contribution in [2.45, 2.75) is 44.6 Å². The van der Waals surface area contributed by atoms with E-state index in [1.54, 1.807) is 0 Å². The Hall–Kier alpha value is -0.0400. The van der Waals surface area contributed by atoms with Gasteiger partial charge < -0.3 is 5.32 Å². The monoisotopic (exact) mass is 139 g/mol. The van der Waals surface area contributed by atoms with Crippen LogP contribution in [-0.4, -0.2) is 13.1 Å². The average molecular weight is 139 g/mol. The Morgan fingerprint density at radius 1 is 1.20 bits per heavy atom. The second kappa shape index (κ2) is 2.23. The Kier molecular flexibility index (Phi) is 1.48. The molecule has 1 atom stereocenters. The predicted octanol–water partition coefficient (Wildman–Crippen LogP) is 1.93. The zero-order valence-electron chi connectivity index (χ0n) is 6.82. The number of rotatable bonds is 1. The van der Waals surface area contributed by atoms with E-state index < -0.39 is 0 Å². The molecule has 2 aliphatic carbocycles. The first-order chi connectivity index (χ1) is 4.87. The molecular weight excluding hydrogens is 122 g/mol. The second-order valence-electron chi connectivity index (χ2n) is 3.95. The number of nitrogens with one attached hydrogen (secondary N) is 1. The molecule has 0 aromatic heterocycles. The third-order valence-electron chi connectivity index (χ3n) is 3.62. The number of hydrogen-bond acceptors (Lipinski definition) is 1. The fourth-order valence-electron chi connectivity index (χ4n) is 2.83. The quantitative estimate of drug-likeness (QED) is 0.585. The summed E-state index contributed by atoms with van der Waals surface area (Å²) in [5.74, 6) is 0. The van der Waals surface area contributed by atoms with Gasteiger partial charge in [-0.05, 0) is 38.1 Å². The third-order valence-corrected chi connectivity index (χ3v) is 3.62. The summed E-state index contributed by atoms with van der Waals surface area (Å²) in [7, 11) is 2.11. The molecule has 1 nitrogen and oxygen atoms in total. The highest BCUT2D eigenvalue weighted by Crippen LogP contribution is 2.52. The van der Waals surface area contributed by atoms with E-state index in [1.165, 1.54) is 38.5 Å². The summed E-state index contributed by atoms with van der Waals surface area (Å²) in [5.41, 5.74) is 0.773. The lowest BCUT2D eigenvalue weighted by Gasteiger charge is -2.47. The van der Waals surface area contributed by atoms with E-state index in [2.05, 4.69) is 12.4 Å². The molecule has 0 bridgehead atoms. The van der Waals surface area contributed by atoms with Crippen LogP contribution < -0.4 is 5.32 Å². The van der Waals surface area contributed by atoms with Crippen molar-refractivity contribution in [3.8, 4) is 0 Å². The van der Waals surface area contributed by atoms with Gasteiger partial charge in [0.2, 0.25) is 0 Å². The van der Waals surface area contributed by atoms with Crippen molar-refractivity contribution in [2.24, 2.45) is 5.41 Å². The van der Waals surface area contributed by atoms with E-state index in [1.807, 2.05) is 0 Å². The van der Waals surface area contributed by atoms with Crippen LogP contribution in [0.15, 0.2) is 0 Å². The van der Waals surface area contributed by atoms with Gasteiger partial charge in [0.1, 0.15) is 0 Å². The summed E-state index contributed by atoms with van der Waals surface area (Å²) in [6.07, 6.45) is 8.89. The summed E-state index contributed by atoms with van der Waals surface area (Å²) in [4.78, 5) is 0. The van der Waals surface area contributed by atoms with Crippen LogP contribution in [-0.2, 0) is 0 Å². The first-order valence-corrected chi connectivity index (χ1v) is 4.55. The molecular formula is C9H17N. The molecule has 0 aromatic rings. The van der Waals surface area contributed by atoms with Crippen molar-refractivity contribution >= 4 is 0 Å². The lowest BCUT2D eigenvalue weighted by atomic mass is 9.63. The lowest BCUT2D eigenvalue weighted by molar-refractivity contribution is 0.0791. The Morgan fingerprint density at radius 2 is 1.90 bits per heavy atom. The van der Waals surface area contributed by atoms with Crippen LogP contribution in [0.4, 0.5) is 0 Å². The van der Waals surface area contributed by atoms with Crippen LogP contribution in [0.5, 0.6) is 0 Å².